The van der Waals surface area contributed by atoms with Crippen molar-refractivity contribution < 1.29 is 85.8 Å². The second kappa shape index (κ2) is 47.9. The molecule has 0 bridgehead atoms. The van der Waals surface area contributed by atoms with Gasteiger partial charge >= 0.3 is 0 Å². The first kappa shape index (κ1) is 92.8. The van der Waals surface area contributed by atoms with Crippen LogP contribution in [0.5, 0.6) is 0 Å². The molecule has 1 aliphatic rings. The van der Waals surface area contributed by atoms with Gasteiger partial charge in [-0.25, -0.2) is 0 Å². The first-order valence-corrected chi connectivity index (χ1v) is 36.2. The van der Waals surface area contributed by atoms with Gasteiger partial charge in [0.1, 0.15) is 5.54 Å². The van der Waals surface area contributed by atoms with E-state index in [1.807, 2.05) is 90.0 Å². The Morgan fingerprint density at radius 2 is 0.800 bits per heavy atom. The fourth-order valence-corrected chi connectivity index (χ4v) is 9.69. The molecule has 27 nitrogen and oxygen atoms in total. The van der Waals surface area contributed by atoms with E-state index in [1.54, 1.807) is 0 Å². The Kier molecular flexibility index (Phi) is 44.5. The van der Waals surface area contributed by atoms with Crippen LogP contribution >= 0.6 is 0 Å². The van der Waals surface area contributed by atoms with Crippen molar-refractivity contribution in [3.8, 4) is 0 Å². The van der Waals surface area contributed by atoms with E-state index in [0.717, 1.165) is 30.7 Å². The van der Waals surface area contributed by atoms with Crippen molar-refractivity contribution in [1.29, 1.82) is 0 Å². The Bertz CT molecular complexity index is 2450. The van der Waals surface area contributed by atoms with Crippen molar-refractivity contribution >= 4 is 53.2 Å². The van der Waals surface area contributed by atoms with Gasteiger partial charge in [-0.2, -0.15) is 0 Å². The molecule has 9 amide bonds. The summed E-state index contributed by atoms with van der Waals surface area (Å²) in [7, 11) is 0. The van der Waals surface area contributed by atoms with Crippen LogP contribution in [-0.4, -0.2) is 237 Å². The standard InChI is InChI=1S/C73H135N9O18/c1-19-74-52-68(9,10)65(91)78-36-31-72(17,18)100-44-33-70(13,14)80-60(86)27-42-98-55-73(53-96-40-24-58(84)75-34-22-56(2)3,54-97-41-26-59(85)79-69(11,12)32-43-99-71(15,16)30-35-77-64(90)67(7,8)29-28-66(4,5)6)81-61(87)25-39-92-46-48-94-50-51-95-49-47-93-45-37-76-57(83)23-38-82-62(88)20-21-63(82)89/h20-21,56,74H,19,22-55H2,1-18H3,(H,75,84)(H,76,83)(H,77,90)(H,78,91)(H,79,85)(H,80,86)(H,81,87). The van der Waals surface area contributed by atoms with E-state index in [9.17, 15) is 43.2 Å². The summed E-state index contributed by atoms with van der Waals surface area (Å²) in [5.74, 6) is -1.93. The minimum Gasteiger partial charge on any atom is -0.379 e. The Balaban J connectivity index is 3.00. The molecule has 0 aliphatic carbocycles. The zero-order valence-electron chi connectivity index (χ0n) is 64.8. The first-order valence-electron chi connectivity index (χ1n) is 36.2. The summed E-state index contributed by atoms with van der Waals surface area (Å²) in [6, 6.07) is 0. The number of amides is 9. The smallest absolute Gasteiger partial charge is 0.253 e. The van der Waals surface area contributed by atoms with Gasteiger partial charge in [0.05, 0.1) is 109 Å². The third-order valence-corrected chi connectivity index (χ3v) is 16.6. The monoisotopic (exact) mass is 1430 g/mol. The molecule has 0 spiro atoms. The van der Waals surface area contributed by atoms with E-state index < -0.39 is 56.4 Å². The topological polar surface area (TPSA) is 336 Å². The van der Waals surface area contributed by atoms with Gasteiger partial charge in [0.2, 0.25) is 41.4 Å². The van der Waals surface area contributed by atoms with Gasteiger partial charge in [-0.15, -0.1) is 0 Å². The van der Waals surface area contributed by atoms with Crippen LogP contribution in [0.15, 0.2) is 12.2 Å². The first-order chi connectivity index (χ1) is 46.6. The number of nitrogens with one attached hydrogen (secondary N) is 8. The minimum atomic E-state index is -1.36. The van der Waals surface area contributed by atoms with Crippen LogP contribution in [0, 0.1) is 22.2 Å². The van der Waals surface area contributed by atoms with Crippen LogP contribution in [-0.2, 0) is 85.8 Å². The predicted octanol–water partition coefficient (Wildman–Crippen LogP) is 5.77. The molecule has 27 heteroatoms. The highest BCUT2D eigenvalue weighted by Crippen LogP contribution is 2.31. The second-order valence-corrected chi connectivity index (χ2v) is 31.4. The third-order valence-electron chi connectivity index (χ3n) is 16.6. The van der Waals surface area contributed by atoms with Crippen LogP contribution in [0.3, 0.4) is 0 Å². The van der Waals surface area contributed by atoms with Crippen LogP contribution in [0.4, 0.5) is 0 Å². The minimum absolute atomic E-state index is 0.00524. The van der Waals surface area contributed by atoms with Crippen molar-refractivity contribution in [2.24, 2.45) is 22.2 Å². The number of ether oxygens (including phenoxy) is 9. The maximum Gasteiger partial charge on any atom is 0.253 e. The Labute approximate surface area is 599 Å². The lowest BCUT2D eigenvalue weighted by molar-refractivity contribution is -0.137. The van der Waals surface area contributed by atoms with Gasteiger partial charge in [0.25, 0.3) is 11.8 Å². The SMILES string of the molecule is CCNCC(C)(C)C(=O)NCCC(C)(C)OCCC(C)(C)NC(=O)CCOCC(COCCC(=O)NCCC(C)C)(COCCC(=O)NC(C)(C)CCOC(C)(C)CCNC(=O)C(C)(C)CCC(C)(C)C)NC(=O)CCOCCOCCOCCOCCNC(=O)CCN1C(=O)C=CC1=O. The molecular weight excluding hydrogens is 1290 g/mol. The summed E-state index contributed by atoms with van der Waals surface area (Å²) in [6.07, 6.45) is 7.02. The van der Waals surface area contributed by atoms with E-state index >= 15 is 0 Å². The van der Waals surface area contributed by atoms with Crippen molar-refractivity contribution in [1.82, 2.24) is 47.4 Å². The zero-order valence-corrected chi connectivity index (χ0v) is 64.8. The lowest BCUT2D eigenvalue weighted by Gasteiger charge is -2.34. The van der Waals surface area contributed by atoms with Crippen LogP contribution in [0.25, 0.3) is 0 Å². The Hall–Kier alpha value is -5.23. The average molecular weight is 1430 g/mol. The number of hydrogen-bond donors (Lipinski definition) is 8. The summed E-state index contributed by atoms with van der Waals surface area (Å²) in [5.41, 5.74) is -4.64. The molecule has 8 N–H and O–H groups in total. The molecule has 1 aliphatic heterocycles. The molecule has 0 saturated heterocycles. The highest BCUT2D eigenvalue weighted by Gasteiger charge is 2.36. The molecule has 0 aromatic carbocycles. The van der Waals surface area contributed by atoms with E-state index in [1.165, 1.54) is 12.2 Å². The number of carbonyl (C=O) groups is 9. The van der Waals surface area contributed by atoms with E-state index in [-0.39, 0.29) is 165 Å². The highest BCUT2D eigenvalue weighted by atomic mass is 16.6. The number of imide groups is 1. The molecule has 580 valence electrons. The lowest BCUT2D eigenvalue weighted by atomic mass is 9.79. The average Bonchev–Trinajstić information content (AvgIpc) is 1.21. The lowest BCUT2D eigenvalue weighted by Crippen LogP contribution is -2.59. The quantitative estimate of drug-likeness (QED) is 0.0264. The molecule has 0 aromatic heterocycles. The Morgan fingerprint density at radius 1 is 0.410 bits per heavy atom. The number of nitrogens with zero attached hydrogens (tertiary/aromatic N) is 1. The van der Waals surface area contributed by atoms with Crippen LogP contribution < -0.4 is 42.5 Å². The van der Waals surface area contributed by atoms with Crippen molar-refractivity contribution in [3.63, 3.8) is 0 Å². The molecule has 0 radical (unpaired) electrons. The van der Waals surface area contributed by atoms with Gasteiger partial charge in [-0.1, -0.05) is 55.4 Å². The molecule has 100 heavy (non-hydrogen) atoms. The summed E-state index contributed by atoms with van der Waals surface area (Å²) in [4.78, 5) is 116. The maximum atomic E-state index is 13.9. The van der Waals surface area contributed by atoms with Crippen molar-refractivity contribution in [2.45, 2.75) is 229 Å². The van der Waals surface area contributed by atoms with Crippen molar-refractivity contribution in [3.05, 3.63) is 12.2 Å². The Morgan fingerprint density at radius 3 is 1.24 bits per heavy atom. The van der Waals surface area contributed by atoms with E-state index in [2.05, 4.69) is 77.2 Å². The van der Waals surface area contributed by atoms with Crippen molar-refractivity contribution in [2.75, 3.05) is 152 Å². The summed E-state index contributed by atoms with van der Waals surface area (Å²) in [5, 5.41) is 24.2. The largest absolute Gasteiger partial charge is 0.379 e. The van der Waals surface area contributed by atoms with Gasteiger partial charge in [0, 0.05) is 113 Å². The molecule has 1 heterocycles. The molecule has 1 rings (SSSR count). The molecule has 0 fully saturated rings. The van der Waals surface area contributed by atoms with Gasteiger partial charge < -0.3 is 85.2 Å². The van der Waals surface area contributed by atoms with Gasteiger partial charge in [0.15, 0.2) is 0 Å². The number of hydrogen-bond acceptors (Lipinski definition) is 19. The molecule has 0 saturated carbocycles. The molecular formula is C73H135N9O18. The van der Waals surface area contributed by atoms with Gasteiger partial charge in [-0.05, 0) is 132 Å². The van der Waals surface area contributed by atoms with Crippen LogP contribution in [0.2, 0.25) is 0 Å². The van der Waals surface area contributed by atoms with E-state index in [4.69, 9.17) is 42.6 Å². The zero-order chi connectivity index (χ0) is 75.5. The number of carbonyl (C=O) groups excluding carboxylic acids is 9. The summed E-state index contributed by atoms with van der Waals surface area (Å²) < 4.78 is 53.6. The molecule has 1 unspecified atom stereocenters. The molecule has 1 atom stereocenters. The fourth-order valence-electron chi connectivity index (χ4n) is 9.69. The fraction of sp³-hybridized carbons (Fsp3) is 0.849. The second-order valence-electron chi connectivity index (χ2n) is 31.4. The summed E-state index contributed by atoms with van der Waals surface area (Å²) in [6.45, 7) is 41.1. The molecule has 0 aromatic rings. The van der Waals surface area contributed by atoms with E-state index in [0.29, 0.717) is 84.2 Å². The number of rotatable bonds is 60. The normalized spacial score (nSPS) is 13.9. The van der Waals surface area contributed by atoms with Gasteiger partial charge in [-0.3, -0.25) is 48.1 Å². The highest BCUT2D eigenvalue weighted by molar-refractivity contribution is 6.13. The van der Waals surface area contributed by atoms with Crippen LogP contribution in [0.1, 0.15) is 202 Å². The summed E-state index contributed by atoms with van der Waals surface area (Å²) >= 11 is 0. The third kappa shape index (κ3) is 46.4. The predicted molar refractivity (Wildman–Crippen MR) is 385 cm³/mol. The maximum absolute atomic E-state index is 13.9.